The average molecular weight is 559 g/mol. The van der Waals surface area contributed by atoms with Crippen LogP contribution in [0.3, 0.4) is 0 Å². The minimum absolute atomic E-state index is 0.0320. The molecule has 9 nitrogen and oxygen atoms in total. The molecule has 38 heavy (non-hydrogen) atoms. The van der Waals surface area contributed by atoms with Crippen molar-refractivity contribution in [2.75, 3.05) is 18.1 Å². The van der Waals surface area contributed by atoms with Crippen LogP contribution in [0, 0.1) is 11.6 Å². The van der Waals surface area contributed by atoms with E-state index in [1.165, 1.54) is 10.6 Å². The number of sulfone groups is 1. The normalized spacial score (nSPS) is 16.8. The number of fused-ring (bicyclic) bond motifs is 1. The number of carbonyl (C=O) groups excluding carboxylic acids is 1. The van der Waals surface area contributed by atoms with Crippen LogP contribution in [0.25, 0.3) is 16.7 Å². The van der Waals surface area contributed by atoms with Gasteiger partial charge in [0.25, 0.3) is 12.3 Å². The Hall–Kier alpha value is -3.42. The third-order valence-corrected chi connectivity index (χ3v) is 8.22. The standard InChI is InChI=1S/C24H26F4N4O5S/c1-4-37-20-11-17(16(26)12-29-20)32-19-10-15(25)14(9-18(19)31(13(2)3)23(32)34)21(33)30-24(22(27)28)5-7-38(35,36)8-6-24/h9-13,22H,4-8H2,1-3H3,(H,30,33). The van der Waals surface area contributed by atoms with Crippen molar-refractivity contribution in [3.05, 3.63) is 52.1 Å². The molecule has 4 rings (SSSR count). The van der Waals surface area contributed by atoms with Crippen molar-refractivity contribution >= 4 is 26.8 Å². The minimum atomic E-state index is -3.52. The summed E-state index contributed by atoms with van der Waals surface area (Å²) in [5, 5.41) is 2.15. The first-order valence-electron chi connectivity index (χ1n) is 11.9. The largest absolute Gasteiger partial charge is 0.478 e. The molecule has 0 radical (unpaired) electrons. The molecule has 0 spiro atoms. The lowest BCUT2D eigenvalue weighted by atomic mass is 9.92. The molecule has 0 saturated carbocycles. The number of amides is 1. The van der Waals surface area contributed by atoms with Gasteiger partial charge in [0.2, 0.25) is 5.88 Å². The molecule has 206 valence electrons. The Balaban J connectivity index is 1.85. The average Bonchev–Trinajstić information content (AvgIpc) is 3.12. The predicted molar refractivity (Wildman–Crippen MR) is 131 cm³/mol. The molecular weight excluding hydrogens is 532 g/mol. The van der Waals surface area contributed by atoms with E-state index in [9.17, 15) is 31.2 Å². The number of pyridine rings is 1. The Kier molecular flexibility index (Phi) is 7.30. The van der Waals surface area contributed by atoms with Crippen LogP contribution in [0.2, 0.25) is 0 Å². The van der Waals surface area contributed by atoms with Crippen LogP contribution >= 0.6 is 0 Å². The fourth-order valence-electron chi connectivity index (χ4n) is 4.54. The number of nitrogens with zero attached hydrogens (tertiary/aromatic N) is 3. The number of hydrogen-bond donors (Lipinski definition) is 1. The Labute approximate surface area is 215 Å². The van der Waals surface area contributed by atoms with Crippen molar-refractivity contribution in [3.63, 3.8) is 0 Å². The minimum Gasteiger partial charge on any atom is -0.478 e. The van der Waals surface area contributed by atoms with E-state index >= 15 is 4.39 Å². The monoisotopic (exact) mass is 558 g/mol. The van der Waals surface area contributed by atoms with E-state index in [-0.39, 0.29) is 29.2 Å². The highest BCUT2D eigenvalue weighted by atomic mass is 32.2. The smallest absolute Gasteiger partial charge is 0.334 e. The van der Waals surface area contributed by atoms with Crippen LogP contribution in [0.15, 0.2) is 29.2 Å². The van der Waals surface area contributed by atoms with Gasteiger partial charge >= 0.3 is 5.69 Å². The van der Waals surface area contributed by atoms with Crippen LogP contribution in [-0.2, 0) is 9.84 Å². The highest BCUT2D eigenvalue weighted by Gasteiger charge is 2.46. The summed E-state index contributed by atoms with van der Waals surface area (Å²) in [6.45, 7) is 5.21. The van der Waals surface area contributed by atoms with Gasteiger partial charge in [0.1, 0.15) is 11.4 Å². The van der Waals surface area contributed by atoms with Gasteiger partial charge in [0.05, 0.1) is 46.6 Å². The second kappa shape index (κ2) is 10.0. The molecule has 1 fully saturated rings. The van der Waals surface area contributed by atoms with Gasteiger partial charge in [-0.1, -0.05) is 0 Å². The molecule has 3 aromatic rings. The van der Waals surface area contributed by atoms with E-state index in [1.807, 2.05) is 0 Å². The zero-order valence-electron chi connectivity index (χ0n) is 20.8. The lowest BCUT2D eigenvalue weighted by Gasteiger charge is -2.37. The quantitative estimate of drug-likeness (QED) is 0.445. The number of imidazole rings is 1. The zero-order chi connectivity index (χ0) is 28.0. The molecule has 0 aliphatic carbocycles. The maximum Gasteiger partial charge on any atom is 0.334 e. The molecule has 14 heteroatoms. The van der Waals surface area contributed by atoms with Gasteiger partial charge in [-0.15, -0.1) is 0 Å². The molecule has 0 atom stereocenters. The SMILES string of the molecule is CCOc1cc(-n2c(=O)n(C(C)C)c3cc(C(=O)NC4(C(F)F)CCS(=O)(=O)CC4)c(F)cc32)c(F)cn1. The second-order valence-corrected chi connectivity index (χ2v) is 11.7. The molecule has 1 aliphatic rings. The van der Waals surface area contributed by atoms with Crippen LogP contribution < -0.4 is 15.7 Å². The molecule has 1 amide bonds. The Bertz CT molecular complexity index is 1550. The summed E-state index contributed by atoms with van der Waals surface area (Å²) in [5.41, 5.74) is -3.78. The highest BCUT2D eigenvalue weighted by molar-refractivity contribution is 7.91. The number of ether oxygens (including phenoxy) is 1. The number of rotatable bonds is 7. The number of halogens is 4. The number of aromatic nitrogens is 3. The van der Waals surface area contributed by atoms with Crippen molar-refractivity contribution < 1.29 is 35.5 Å². The summed E-state index contributed by atoms with van der Waals surface area (Å²) in [6.07, 6.45) is -3.30. The Morgan fingerprint density at radius 1 is 1.13 bits per heavy atom. The second-order valence-electron chi connectivity index (χ2n) is 9.37. The van der Waals surface area contributed by atoms with Crippen molar-refractivity contribution in [2.45, 2.75) is 51.6 Å². The van der Waals surface area contributed by atoms with E-state index in [0.29, 0.717) is 0 Å². The first-order chi connectivity index (χ1) is 17.8. The van der Waals surface area contributed by atoms with Gasteiger partial charge in [0, 0.05) is 18.2 Å². The van der Waals surface area contributed by atoms with E-state index in [2.05, 4.69) is 10.3 Å². The molecule has 3 heterocycles. The topological polar surface area (TPSA) is 112 Å². The van der Waals surface area contributed by atoms with Crippen LogP contribution in [0.1, 0.15) is 50.0 Å². The number of alkyl halides is 2. The maximum atomic E-state index is 15.3. The van der Waals surface area contributed by atoms with Crippen molar-refractivity contribution in [1.82, 2.24) is 19.4 Å². The highest BCUT2D eigenvalue weighted by Crippen LogP contribution is 2.32. The lowest BCUT2D eigenvalue weighted by Crippen LogP contribution is -2.58. The van der Waals surface area contributed by atoms with Crippen LogP contribution in [-0.4, -0.2) is 58.5 Å². The molecule has 1 aliphatic heterocycles. The number of benzene rings is 1. The summed E-state index contributed by atoms with van der Waals surface area (Å²) in [7, 11) is -3.52. The van der Waals surface area contributed by atoms with Gasteiger partial charge in [-0.3, -0.25) is 13.9 Å². The first-order valence-corrected chi connectivity index (χ1v) is 13.7. The molecule has 1 aromatic carbocycles. The van der Waals surface area contributed by atoms with Gasteiger partial charge in [0.15, 0.2) is 15.7 Å². The predicted octanol–water partition coefficient (Wildman–Crippen LogP) is 3.39. The van der Waals surface area contributed by atoms with E-state index in [1.54, 1.807) is 20.8 Å². The fraction of sp³-hybridized carbons (Fsp3) is 0.458. The number of carbonyl (C=O) groups is 1. The summed E-state index contributed by atoms with van der Waals surface area (Å²) >= 11 is 0. The van der Waals surface area contributed by atoms with E-state index < -0.39 is 81.0 Å². The maximum absolute atomic E-state index is 15.3. The number of nitrogens with one attached hydrogen (secondary N) is 1. The van der Waals surface area contributed by atoms with Gasteiger partial charge < -0.3 is 10.1 Å². The zero-order valence-corrected chi connectivity index (χ0v) is 21.6. The van der Waals surface area contributed by atoms with Crippen molar-refractivity contribution in [1.29, 1.82) is 0 Å². The Morgan fingerprint density at radius 2 is 1.79 bits per heavy atom. The first kappa shape index (κ1) is 27.6. The molecule has 2 aromatic heterocycles. The summed E-state index contributed by atoms with van der Waals surface area (Å²) in [6, 6.07) is 2.57. The molecular formula is C24H26F4N4O5S. The molecule has 0 bridgehead atoms. The van der Waals surface area contributed by atoms with Crippen LogP contribution in [0.5, 0.6) is 5.88 Å². The van der Waals surface area contributed by atoms with Gasteiger partial charge in [-0.05, 0) is 39.7 Å². The summed E-state index contributed by atoms with van der Waals surface area (Å²) in [5.74, 6) is -4.27. The van der Waals surface area contributed by atoms with E-state index in [4.69, 9.17) is 4.74 Å². The fourth-order valence-corrected chi connectivity index (χ4v) is 6.10. The van der Waals surface area contributed by atoms with Gasteiger partial charge in [-0.25, -0.2) is 35.8 Å². The lowest BCUT2D eigenvalue weighted by molar-refractivity contribution is 0.0218. The van der Waals surface area contributed by atoms with Gasteiger partial charge in [-0.2, -0.15) is 0 Å². The summed E-state index contributed by atoms with van der Waals surface area (Å²) in [4.78, 5) is 30.2. The molecule has 1 saturated heterocycles. The third-order valence-electron chi connectivity index (χ3n) is 6.56. The molecule has 1 N–H and O–H groups in total. The van der Waals surface area contributed by atoms with Crippen molar-refractivity contribution in [3.8, 4) is 11.6 Å². The number of hydrogen-bond acceptors (Lipinski definition) is 6. The Morgan fingerprint density at radius 3 is 2.37 bits per heavy atom. The summed E-state index contributed by atoms with van der Waals surface area (Å²) < 4.78 is 89.0. The van der Waals surface area contributed by atoms with E-state index in [0.717, 1.165) is 22.9 Å². The molecule has 0 unspecified atom stereocenters. The third kappa shape index (κ3) is 4.88. The van der Waals surface area contributed by atoms with Crippen molar-refractivity contribution in [2.24, 2.45) is 0 Å². The van der Waals surface area contributed by atoms with Crippen LogP contribution in [0.4, 0.5) is 17.6 Å².